The number of hydrogen-bond acceptors (Lipinski definition) is 4. The quantitative estimate of drug-likeness (QED) is 0.555. The van der Waals surface area contributed by atoms with E-state index in [0.717, 1.165) is 11.8 Å². The third kappa shape index (κ3) is 0.980. The van der Waals surface area contributed by atoms with Crippen LogP contribution in [0, 0.1) is 0 Å². The van der Waals surface area contributed by atoms with Gasteiger partial charge in [-0.25, -0.2) is 0 Å². The number of carbonyl (C=O) groups excluding carboxylic acids is 2. The van der Waals surface area contributed by atoms with E-state index in [-0.39, 0.29) is 0 Å². The van der Waals surface area contributed by atoms with Gasteiger partial charge in [0.2, 0.25) is 16.5 Å². The molecule has 1 aliphatic carbocycles. The molecular formula is C10H8O3S. The Kier molecular flexibility index (Phi) is 1.97. The van der Waals surface area contributed by atoms with Gasteiger partial charge in [0.15, 0.2) is 0 Å². The Morgan fingerprint density at radius 1 is 1.14 bits per heavy atom. The molecule has 0 atom stereocenters. The smallest absolute Gasteiger partial charge is 0.238 e. The van der Waals surface area contributed by atoms with Crippen LogP contribution in [0.5, 0.6) is 0 Å². The topological polar surface area (TPSA) is 54.4 Å². The van der Waals surface area contributed by atoms with Gasteiger partial charge in [0.05, 0.1) is 0 Å². The van der Waals surface area contributed by atoms with Crippen LogP contribution in [0.2, 0.25) is 0 Å². The lowest BCUT2D eigenvalue weighted by atomic mass is 10.1. The Balaban J connectivity index is 2.65. The lowest BCUT2D eigenvalue weighted by Gasteiger charge is -2.14. The van der Waals surface area contributed by atoms with E-state index in [1.54, 1.807) is 30.5 Å². The van der Waals surface area contributed by atoms with E-state index in [2.05, 4.69) is 0 Å². The molecule has 0 aromatic heterocycles. The fraction of sp³-hybridized carbons (Fsp3) is 0.200. The first-order chi connectivity index (χ1) is 6.61. The molecule has 0 amide bonds. The number of fused-ring (bicyclic) bond motifs is 1. The summed E-state index contributed by atoms with van der Waals surface area (Å²) < 4.78 is 0. The largest absolute Gasteiger partial charge is 0.366 e. The molecule has 0 unspecified atom stereocenters. The monoisotopic (exact) mass is 208 g/mol. The van der Waals surface area contributed by atoms with Gasteiger partial charge < -0.3 is 5.11 Å². The number of thioether (sulfide) groups is 1. The van der Waals surface area contributed by atoms with Crippen molar-refractivity contribution in [1.29, 1.82) is 0 Å². The molecule has 1 aliphatic rings. The maximum absolute atomic E-state index is 11.7. The second-order valence-electron chi connectivity index (χ2n) is 3.05. The van der Waals surface area contributed by atoms with Crippen molar-refractivity contribution in [3.8, 4) is 0 Å². The number of Topliss-reactive ketones (excluding diaryl/α,β-unsaturated/α-hetero) is 2. The summed E-state index contributed by atoms with van der Waals surface area (Å²) in [6.07, 6.45) is 1.54. The number of aliphatic hydroxyl groups is 1. The average molecular weight is 208 g/mol. The molecule has 0 fully saturated rings. The lowest BCUT2D eigenvalue weighted by molar-refractivity contribution is 0.0592. The number of rotatable bonds is 1. The Labute approximate surface area is 85.1 Å². The first-order valence-electron chi connectivity index (χ1n) is 4.07. The number of hydrogen-bond donors (Lipinski definition) is 1. The number of ketones is 2. The molecule has 1 aromatic rings. The third-order valence-corrected chi connectivity index (χ3v) is 3.29. The Bertz CT molecular complexity index is 390. The van der Waals surface area contributed by atoms with E-state index in [1.807, 2.05) is 0 Å². The van der Waals surface area contributed by atoms with E-state index in [0.29, 0.717) is 11.1 Å². The second kappa shape index (κ2) is 2.93. The Morgan fingerprint density at radius 2 is 1.57 bits per heavy atom. The number of benzene rings is 1. The van der Waals surface area contributed by atoms with Gasteiger partial charge in [-0.15, -0.1) is 11.8 Å². The van der Waals surface area contributed by atoms with Crippen LogP contribution in [-0.4, -0.2) is 27.9 Å². The predicted octanol–water partition coefficient (Wildman–Crippen LogP) is 1.12. The van der Waals surface area contributed by atoms with Crippen LogP contribution in [-0.2, 0) is 0 Å². The van der Waals surface area contributed by atoms with Crippen LogP contribution in [0.25, 0.3) is 0 Å². The van der Waals surface area contributed by atoms with E-state index in [9.17, 15) is 14.7 Å². The first kappa shape index (κ1) is 9.43. The normalized spacial score (nSPS) is 18.4. The second-order valence-corrected chi connectivity index (χ2v) is 4.05. The Morgan fingerprint density at radius 3 is 1.93 bits per heavy atom. The Hall–Kier alpha value is -1.13. The molecule has 0 saturated heterocycles. The summed E-state index contributed by atoms with van der Waals surface area (Å²) in [6.45, 7) is 0. The molecule has 0 radical (unpaired) electrons. The van der Waals surface area contributed by atoms with Crippen molar-refractivity contribution in [3.63, 3.8) is 0 Å². The predicted molar refractivity (Wildman–Crippen MR) is 53.6 cm³/mol. The maximum Gasteiger partial charge on any atom is 0.238 e. The maximum atomic E-state index is 11.7. The first-order valence-corrected chi connectivity index (χ1v) is 5.30. The van der Waals surface area contributed by atoms with Gasteiger partial charge in [0, 0.05) is 11.1 Å². The fourth-order valence-electron chi connectivity index (χ4n) is 1.53. The minimum Gasteiger partial charge on any atom is -0.366 e. The molecule has 0 saturated carbocycles. The van der Waals surface area contributed by atoms with Gasteiger partial charge in [-0.1, -0.05) is 24.3 Å². The van der Waals surface area contributed by atoms with E-state index >= 15 is 0 Å². The molecule has 3 nitrogen and oxygen atoms in total. The van der Waals surface area contributed by atoms with Crippen molar-refractivity contribution >= 4 is 23.3 Å². The molecule has 0 bridgehead atoms. The highest BCUT2D eigenvalue weighted by atomic mass is 32.2. The number of carbonyl (C=O) groups is 2. The summed E-state index contributed by atoms with van der Waals surface area (Å²) in [5.74, 6) is -1.02. The molecular weight excluding hydrogens is 200 g/mol. The summed E-state index contributed by atoms with van der Waals surface area (Å²) in [6, 6.07) is 6.47. The lowest BCUT2D eigenvalue weighted by Crippen LogP contribution is -2.36. The summed E-state index contributed by atoms with van der Waals surface area (Å²) in [7, 11) is 0. The van der Waals surface area contributed by atoms with E-state index in [4.69, 9.17) is 0 Å². The summed E-state index contributed by atoms with van der Waals surface area (Å²) in [5.41, 5.74) is 0.628. The van der Waals surface area contributed by atoms with Gasteiger partial charge in [-0.3, -0.25) is 9.59 Å². The van der Waals surface area contributed by atoms with Crippen molar-refractivity contribution in [2.24, 2.45) is 0 Å². The summed E-state index contributed by atoms with van der Waals surface area (Å²) in [4.78, 5) is 21.4. The van der Waals surface area contributed by atoms with Crippen LogP contribution < -0.4 is 0 Å². The minimum absolute atomic E-state index is 0.314. The van der Waals surface area contributed by atoms with Crippen LogP contribution >= 0.6 is 11.8 Å². The zero-order valence-electron chi connectivity index (χ0n) is 7.48. The van der Waals surface area contributed by atoms with Crippen molar-refractivity contribution < 1.29 is 14.7 Å². The molecule has 1 N–H and O–H groups in total. The van der Waals surface area contributed by atoms with Gasteiger partial charge >= 0.3 is 0 Å². The zero-order valence-corrected chi connectivity index (χ0v) is 8.30. The van der Waals surface area contributed by atoms with Crippen molar-refractivity contribution in [2.45, 2.75) is 4.93 Å². The third-order valence-electron chi connectivity index (χ3n) is 2.33. The molecule has 2 rings (SSSR count). The molecule has 1 aromatic carbocycles. The standard InChI is InChI=1S/C10H8O3S/c1-14-10(13)8(11)6-4-2-3-5-7(6)9(10)12/h2-5,13H,1H3. The molecule has 72 valence electrons. The van der Waals surface area contributed by atoms with Gasteiger partial charge in [-0.2, -0.15) is 0 Å². The van der Waals surface area contributed by atoms with Gasteiger partial charge in [0.1, 0.15) is 0 Å². The fourth-order valence-corrected chi connectivity index (χ4v) is 2.12. The highest BCUT2D eigenvalue weighted by molar-refractivity contribution is 8.01. The van der Waals surface area contributed by atoms with Gasteiger partial charge in [0.25, 0.3) is 0 Å². The van der Waals surface area contributed by atoms with Crippen molar-refractivity contribution in [3.05, 3.63) is 35.4 Å². The van der Waals surface area contributed by atoms with E-state index < -0.39 is 16.5 Å². The zero-order chi connectivity index (χ0) is 10.3. The van der Waals surface area contributed by atoms with Crippen molar-refractivity contribution in [1.82, 2.24) is 0 Å². The highest BCUT2D eigenvalue weighted by Crippen LogP contribution is 2.36. The molecule has 0 aliphatic heterocycles. The van der Waals surface area contributed by atoms with Crippen LogP contribution in [0.1, 0.15) is 20.7 Å². The van der Waals surface area contributed by atoms with Crippen LogP contribution in [0.3, 0.4) is 0 Å². The minimum atomic E-state index is -1.90. The highest BCUT2D eigenvalue weighted by Gasteiger charge is 2.51. The molecule has 0 heterocycles. The molecule has 0 spiro atoms. The summed E-state index contributed by atoms with van der Waals surface area (Å²) >= 11 is 0.864. The summed E-state index contributed by atoms with van der Waals surface area (Å²) in [5, 5.41) is 9.82. The van der Waals surface area contributed by atoms with Crippen LogP contribution in [0.15, 0.2) is 24.3 Å². The van der Waals surface area contributed by atoms with E-state index in [1.165, 1.54) is 0 Å². The van der Waals surface area contributed by atoms with Crippen LogP contribution in [0.4, 0.5) is 0 Å². The SMILES string of the molecule is CSC1(O)C(=O)c2ccccc2C1=O. The van der Waals surface area contributed by atoms with Crippen molar-refractivity contribution in [2.75, 3.05) is 6.26 Å². The molecule has 4 heteroatoms. The van der Waals surface area contributed by atoms with Gasteiger partial charge in [-0.05, 0) is 6.26 Å². The molecule has 14 heavy (non-hydrogen) atoms. The average Bonchev–Trinajstić information content (AvgIpc) is 2.43.